The van der Waals surface area contributed by atoms with Crippen LogP contribution in [0.15, 0.2) is 47.4 Å². The molecule has 4 rings (SSSR count). The molecule has 8 nitrogen and oxygen atoms in total. The number of aryl methyl sites for hydroxylation is 1. The Morgan fingerprint density at radius 2 is 1.93 bits per heavy atom. The van der Waals surface area contributed by atoms with Crippen molar-refractivity contribution in [3.63, 3.8) is 0 Å². The Kier molecular flexibility index (Phi) is 4.40. The summed E-state index contributed by atoms with van der Waals surface area (Å²) in [5, 5.41) is 15.0. The minimum absolute atomic E-state index is 0.0172. The fourth-order valence-corrected chi connectivity index (χ4v) is 3.85. The van der Waals surface area contributed by atoms with E-state index in [1.54, 1.807) is 7.11 Å². The zero-order chi connectivity index (χ0) is 19.9. The number of nitrogens with zero attached hydrogens (tertiary/aromatic N) is 1. The van der Waals surface area contributed by atoms with Gasteiger partial charge in [0.2, 0.25) is 10.0 Å². The van der Waals surface area contributed by atoms with Crippen molar-refractivity contribution in [2.75, 3.05) is 12.4 Å². The molecular weight excluding hydrogens is 380 g/mol. The van der Waals surface area contributed by atoms with Crippen molar-refractivity contribution >= 4 is 21.6 Å². The number of ether oxygens (including phenoxy) is 1. The Bertz CT molecular complexity index is 1170. The smallest absolute Gasteiger partial charge is 0.273 e. The number of fused-ring (bicyclic) bond motifs is 3. The topological polar surface area (TPSA) is 127 Å². The van der Waals surface area contributed by atoms with Crippen molar-refractivity contribution in [3.05, 3.63) is 59.3 Å². The lowest BCUT2D eigenvalue weighted by Crippen LogP contribution is -2.16. The maximum atomic E-state index is 12.7. The second-order valence-corrected chi connectivity index (χ2v) is 8.03. The monoisotopic (exact) mass is 398 g/mol. The van der Waals surface area contributed by atoms with E-state index in [1.807, 2.05) is 18.2 Å². The normalized spacial score (nSPS) is 12.8. The minimum atomic E-state index is -3.77. The van der Waals surface area contributed by atoms with Crippen molar-refractivity contribution in [1.82, 2.24) is 10.2 Å². The molecule has 9 heteroatoms. The highest BCUT2D eigenvalue weighted by Gasteiger charge is 2.25. The van der Waals surface area contributed by atoms with Gasteiger partial charge in [-0.1, -0.05) is 0 Å². The number of amides is 1. The van der Waals surface area contributed by atoms with Crippen LogP contribution in [0.25, 0.3) is 11.3 Å². The van der Waals surface area contributed by atoms with Crippen molar-refractivity contribution in [2.45, 2.75) is 17.7 Å². The molecule has 0 bridgehead atoms. The number of nitrogens with two attached hydrogens (primary N) is 1. The van der Waals surface area contributed by atoms with Crippen LogP contribution in [0.3, 0.4) is 0 Å². The molecule has 0 radical (unpaired) electrons. The molecule has 28 heavy (non-hydrogen) atoms. The first kappa shape index (κ1) is 18.2. The molecule has 0 atom stereocenters. The number of rotatable bonds is 4. The Balaban J connectivity index is 1.59. The second-order valence-electron chi connectivity index (χ2n) is 6.47. The number of carbonyl (C=O) groups is 1. The third kappa shape index (κ3) is 3.25. The van der Waals surface area contributed by atoms with E-state index in [2.05, 4.69) is 15.5 Å². The summed E-state index contributed by atoms with van der Waals surface area (Å²) in [7, 11) is -2.15. The van der Waals surface area contributed by atoms with Crippen LogP contribution in [0.1, 0.15) is 21.6 Å². The molecular formula is C19H18N4O4S. The third-order valence-corrected chi connectivity index (χ3v) is 5.68. The number of hydrogen-bond acceptors (Lipinski definition) is 5. The maximum Gasteiger partial charge on any atom is 0.273 e. The predicted molar refractivity (Wildman–Crippen MR) is 104 cm³/mol. The fourth-order valence-electron chi connectivity index (χ4n) is 3.34. The van der Waals surface area contributed by atoms with Gasteiger partial charge >= 0.3 is 0 Å². The van der Waals surface area contributed by atoms with E-state index in [0.717, 1.165) is 34.6 Å². The van der Waals surface area contributed by atoms with E-state index < -0.39 is 10.0 Å². The van der Waals surface area contributed by atoms with Crippen molar-refractivity contribution in [2.24, 2.45) is 5.14 Å². The van der Waals surface area contributed by atoms with E-state index in [1.165, 1.54) is 24.3 Å². The van der Waals surface area contributed by atoms with Crippen molar-refractivity contribution in [3.8, 4) is 17.0 Å². The first-order valence-electron chi connectivity index (χ1n) is 8.55. The minimum Gasteiger partial charge on any atom is -0.497 e. The first-order valence-corrected chi connectivity index (χ1v) is 10.1. The summed E-state index contributed by atoms with van der Waals surface area (Å²) < 4.78 is 27.9. The van der Waals surface area contributed by atoms with Gasteiger partial charge in [0.15, 0.2) is 0 Å². The van der Waals surface area contributed by atoms with Gasteiger partial charge in [-0.15, -0.1) is 0 Å². The van der Waals surface area contributed by atoms with Crippen LogP contribution in [-0.2, 0) is 22.9 Å². The number of H-pyrrole nitrogens is 1. The van der Waals surface area contributed by atoms with Gasteiger partial charge in [-0.3, -0.25) is 9.89 Å². The number of anilines is 1. The number of methoxy groups -OCH3 is 1. The fraction of sp³-hybridized carbons (Fsp3) is 0.158. The highest BCUT2D eigenvalue weighted by Crippen LogP contribution is 2.35. The lowest BCUT2D eigenvalue weighted by Gasteiger charge is -2.17. The molecule has 4 N–H and O–H groups in total. The van der Waals surface area contributed by atoms with E-state index in [-0.39, 0.29) is 10.8 Å². The molecule has 3 aromatic rings. The lowest BCUT2D eigenvalue weighted by molar-refractivity contribution is 0.102. The molecule has 0 fully saturated rings. The zero-order valence-electron chi connectivity index (χ0n) is 15.0. The Morgan fingerprint density at radius 3 is 2.61 bits per heavy atom. The maximum absolute atomic E-state index is 12.7. The van der Waals surface area contributed by atoms with Crippen LogP contribution >= 0.6 is 0 Å². The van der Waals surface area contributed by atoms with Gasteiger partial charge in [0.1, 0.15) is 11.4 Å². The molecule has 2 aromatic carbocycles. The number of primary sulfonamides is 1. The molecule has 1 heterocycles. The van der Waals surface area contributed by atoms with Crippen molar-refractivity contribution < 1.29 is 17.9 Å². The average molecular weight is 398 g/mol. The number of sulfonamides is 1. The van der Waals surface area contributed by atoms with Crippen LogP contribution in [0.2, 0.25) is 0 Å². The van der Waals surface area contributed by atoms with Gasteiger partial charge in [-0.05, 0) is 60.9 Å². The molecule has 144 valence electrons. The summed E-state index contributed by atoms with van der Waals surface area (Å²) in [6, 6.07) is 11.5. The van der Waals surface area contributed by atoms with Gasteiger partial charge < -0.3 is 10.1 Å². The molecule has 0 aliphatic heterocycles. The molecule has 1 amide bonds. The first-order chi connectivity index (χ1) is 13.4. The van der Waals surface area contributed by atoms with Crippen LogP contribution in [-0.4, -0.2) is 31.6 Å². The number of aromatic amines is 1. The van der Waals surface area contributed by atoms with Gasteiger partial charge in [-0.25, -0.2) is 13.6 Å². The summed E-state index contributed by atoms with van der Waals surface area (Å²) in [6.45, 7) is 0. The molecule has 0 spiro atoms. The van der Waals surface area contributed by atoms with E-state index in [0.29, 0.717) is 17.8 Å². The van der Waals surface area contributed by atoms with Gasteiger partial charge in [0.05, 0.1) is 17.7 Å². The van der Waals surface area contributed by atoms with Gasteiger partial charge in [-0.2, -0.15) is 5.10 Å². The zero-order valence-corrected chi connectivity index (χ0v) is 15.8. The number of aromatic nitrogens is 2. The summed E-state index contributed by atoms with van der Waals surface area (Å²) in [4.78, 5) is 12.7. The molecule has 1 aliphatic rings. The van der Waals surface area contributed by atoms with E-state index in [9.17, 15) is 13.2 Å². The predicted octanol–water partition coefficient (Wildman–Crippen LogP) is 2.08. The molecule has 0 saturated heterocycles. The molecule has 1 aromatic heterocycles. The lowest BCUT2D eigenvalue weighted by atomic mass is 9.89. The summed E-state index contributed by atoms with van der Waals surface area (Å²) in [5.74, 6) is 0.452. The largest absolute Gasteiger partial charge is 0.497 e. The molecule has 0 unspecified atom stereocenters. The van der Waals surface area contributed by atoms with E-state index in [4.69, 9.17) is 9.88 Å². The number of benzene rings is 2. The number of nitrogens with one attached hydrogen (secondary N) is 2. The van der Waals surface area contributed by atoms with E-state index >= 15 is 0 Å². The van der Waals surface area contributed by atoms with Crippen molar-refractivity contribution in [1.29, 1.82) is 0 Å². The van der Waals surface area contributed by atoms with Crippen LogP contribution in [0, 0.1) is 0 Å². The second kappa shape index (κ2) is 6.77. The SMILES string of the molecule is COc1ccc2c(c1)CCc1c-2n[nH]c1C(=O)Nc1ccc(S(N)(=O)=O)cc1. The van der Waals surface area contributed by atoms with Crippen LogP contribution in [0.4, 0.5) is 5.69 Å². The van der Waals surface area contributed by atoms with Crippen LogP contribution < -0.4 is 15.2 Å². The van der Waals surface area contributed by atoms with Gasteiger partial charge in [0.25, 0.3) is 5.91 Å². The standard InChI is InChI=1S/C19H18N4O4S/c1-27-13-5-9-15-11(10-13)2-8-16-17(15)22-23-18(16)19(24)21-12-3-6-14(7-4-12)28(20,25)26/h3-7,9-10H,2,8H2,1H3,(H,21,24)(H,22,23)(H2,20,25,26). The van der Waals surface area contributed by atoms with Crippen LogP contribution in [0.5, 0.6) is 5.75 Å². The average Bonchev–Trinajstić information content (AvgIpc) is 3.12. The summed E-state index contributed by atoms with van der Waals surface area (Å²) in [6.07, 6.45) is 1.46. The number of carbonyl (C=O) groups excluding carboxylic acids is 1. The Hall–Kier alpha value is -3.17. The highest BCUT2D eigenvalue weighted by molar-refractivity contribution is 7.89. The summed E-state index contributed by atoms with van der Waals surface area (Å²) >= 11 is 0. The quantitative estimate of drug-likeness (QED) is 0.620. The molecule has 1 aliphatic carbocycles. The molecule has 0 saturated carbocycles. The Morgan fingerprint density at radius 1 is 1.18 bits per heavy atom. The highest BCUT2D eigenvalue weighted by atomic mass is 32.2. The van der Waals surface area contributed by atoms with Gasteiger partial charge in [0, 0.05) is 16.8 Å². The third-order valence-electron chi connectivity index (χ3n) is 4.75. The Labute approximate surface area is 161 Å². The number of hydrogen-bond donors (Lipinski definition) is 3. The summed E-state index contributed by atoms with van der Waals surface area (Å²) in [5.41, 5.74) is 4.59.